The first-order valence-electron chi connectivity index (χ1n) is 8.73. The number of nitrogens with zero attached hydrogens (tertiary/aromatic N) is 2. The maximum atomic E-state index is 12.4. The van der Waals surface area contributed by atoms with Crippen LogP contribution in [0.3, 0.4) is 0 Å². The number of para-hydroxylation sites is 1. The van der Waals surface area contributed by atoms with Gasteiger partial charge in [-0.05, 0) is 18.9 Å². The van der Waals surface area contributed by atoms with Gasteiger partial charge in [-0.15, -0.1) is 0 Å². The minimum absolute atomic E-state index is 0.181. The number of likely N-dealkylation sites (tertiary alicyclic amines) is 1. The first kappa shape index (κ1) is 15.2. The van der Waals surface area contributed by atoms with E-state index in [0.29, 0.717) is 24.7 Å². The fourth-order valence-electron chi connectivity index (χ4n) is 3.97. The van der Waals surface area contributed by atoms with E-state index in [4.69, 9.17) is 0 Å². The minimum atomic E-state index is -0.181. The van der Waals surface area contributed by atoms with E-state index in [0.717, 1.165) is 30.3 Å². The molecule has 0 bridgehead atoms. The molecule has 1 aliphatic heterocycles. The number of fused-ring (bicyclic) bond motifs is 1. The highest BCUT2D eigenvalue weighted by Crippen LogP contribution is 2.29. The Morgan fingerprint density at radius 1 is 1.29 bits per heavy atom. The number of carbonyl (C=O) groups is 2. The molecule has 2 aromatic rings. The molecule has 0 spiro atoms. The normalized spacial score (nSPS) is 21.8. The van der Waals surface area contributed by atoms with Gasteiger partial charge < -0.3 is 10.2 Å². The van der Waals surface area contributed by atoms with Crippen molar-refractivity contribution >= 4 is 22.7 Å². The maximum Gasteiger partial charge on any atom is 0.272 e. The van der Waals surface area contributed by atoms with Crippen LogP contribution in [-0.4, -0.2) is 46.0 Å². The molecule has 24 heavy (non-hydrogen) atoms. The highest BCUT2D eigenvalue weighted by molar-refractivity contribution is 6.04. The van der Waals surface area contributed by atoms with Crippen molar-refractivity contribution in [2.45, 2.75) is 38.1 Å². The third-order valence-electron chi connectivity index (χ3n) is 5.24. The summed E-state index contributed by atoms with van der Waals surface area (Å²) in [4.78, 5) is 26.7. The summed E-state index contributed by atoms with van der Waals surface area (Å²) in [7, 11) is 0. The van der Waals surface area contributed by atoms with E-state index >= 15 is 0 Å². The van der Waals surface area contributed by atoms with Gasteiger partial charge in [0, 0.05) is 36.9 Å². The molecule has 2 amide bonds. The number of rotatable bonds is 4. The summed E-state index contributed by atoms with van der Waals surface area (Å²) in [6, 6.07) is 8.00. The Bertz CT molecular complexity index is 763. The number of H-pyrrole nitrogens is 1. The van der Waals surface area contributed by atoms with Gasteiger partial charge in [0.25, 0.3) is 5.91 Å². The SMILES string of the molecule is O=C(NCC1CC(=O)N(C2CCCC2)C1)c1n[nH]c2ccccc12. The fraction of sp³-hybridized carbons (Fsp3) is 0.500. The second-order valence-electron chi connectivity index (χ2n) is 6.88. The standard InChI is InChI=1S/C18H22N4O2/c23-16-9-12(11-22(16)13-5-1-2-6-13)10-19-18(24)17-14-7-3-4-8-15(14)20-21-17/h3-4,7-8,12-13H,1-2,5-6,9-11H2,(H,19,24)(H,20,21). The van der Waals surface area contributed by atoms with Gasteiger partial charge in [-0.25, -0.2) is 0 Å². The summed E-state index contributed by atoms with van der Waals surface area (Å²) in [5, 5.41) is 10.8. The molecule has 1 aromatic heterocycles. The van der Waals surface area contributed by atoms with Gasteiger partial charge in [0.15, 0.2) is 5.69 Å². The first-order valence-corrected chi connectivity index (χ1v) is 8.73. The molecule has 2 aliphatic rings. The molecule has 2 heterocycles. The molecule has 1 aromatic carbocycles. The van der Waals surface area contributed by atoms with Gasteiger partial charge in [0.1, 0.15) is 0 Å². The molecule has 6 nitrogen and oxygen atoms in total. The maximum absolute atomic E-state index is 12.4. The molecule has 1 aliphatic carbocycles. The van der Waals surface area contributed by atoms with Crippen molar-refractivity contribution in [1.29, 1.82) is 0 Å². The monoisotopic (exact) mass is 326 g/mol. The lowest BCUT2D eigenvalue weighted by molar-refractivity contribution is -0.129. The van der Waals surface area contributed by atoms with Gasteiger partial charge in [0.2, 0.25) is 5.91 Å². The van der Waals surface area contributed by atoms with Crippen molar-refractivity contribution in [2.24, 2.45) is 5.92 Å². The summed E-state index contributed by atoms with van der Waals surface area (Å²) in [5.41, 5.74) is 1.27. The van der Waals surface area contributed by atoms with E-state index in [-0.39, 0.29) is 17.7 Å². The Balaban J connectivity index is 1.37. The molecule has 4 rings (SSSR count). The Morgan fingerprint density at radius 2 is 2.08 bits per heavy atom. The lowest BCUT2D eigenvalue weighted by atomic mass is 10.1. The lowest BCUT2D eigenvalue weighted by Gasteiger charge is -2.24. The second kappa shape index (κ2) is 6.26. The smallest absolute Gasteiger partial charge is 0.272 e. The molecule has 1 saturated carbocycles. The molecular weight excluding hydrogens is 304 g/mol. The zero-order chi connectivity index (χ0) is 16.5. The van der Waals surface area contributed by atoms with Crippen LogP contribution in [0.25, 0.3) is 10.9 Å². The van der Waals surface area contributed by atoms with Crippen LogP contribution < -0.4 is 5.32 Å². The van der Waals surface area contributed by atoms with E-state index in [1.807, 2.05) is 29.2 Å². The highest BCUT2D eigenvalue weighted by atomic mass is 16.2. The molecule has 6 heteroatoms. The number of carbonyl (C=O) groups excluding carboxylic acids is 2. The quantitative estimate of drug-likeness (QED) is 0.903. The van der Waals surface area contributed by atoms with E-state index in [9.17, 15) is 9.59 Å². The van der Waals surface area contributed by atoms with Crippen molar-refractivity contribution in [2.75, 3.05) is 13.1 Å². The van der Waals surface area contributed by atoms with E-state index in [2.05, 4.69) is 15.5 Å². The van der Waals surface area contributed by atoms with Gasteiger partial charge >= 0.3 is 0 Å². The van der Waals surface area contributed by atoms with Crippen molar-refractivity contribution in [3.05, 3.63) is 30.0 Å². The molecule has 126 valence electrons. The summed E-state index contributed by atoms with van der Waals surface area (Å²) < 4.78 is 0. The molecule has 1 unspecified atom stereocenters. The van der Waals surface area contributed by atoms with E-state index in [1.165, 1.54) is 12.8 Å². The second-order valence-corrected chi connectivity index (χ2v) is 6.88. The van der Waals surface area contributed by atoms with Crippen LogP contribution >= 0.6 is 0 Å². The molecule has 2 fully saturated rings. The summed E-state index contributed by atoms with van der Waals surface area (Å²) in [6.07, 6.45) is 5.25. The lowest BCUT2D eigenvalue weighted by Crippen LogP contribution is -2.36. The Hall–Kier alpha value is -2.37. The van der Waals surface area contributed by atoms with Crippen LogP contribution in [0.15, 0.2) is 24.3 Å². The van der Waals surface area contributed by atoms with Crippen molar-refractivity contribution in [3.63, 3.8) is 0 Å². The average molecular weight is 326 g/mol. The zero-order valence-electron chi connectivity index (χ0n) is 13.6. The molecular formula is C18H22N4O2. The summed E-state index contributed by atoms with van der Waals surface area (Å²) in [5.74, 6) is 0.262. The van der Waals surface area contributed by atoms with Crippen LogP contribution in [0.1, 0.15) is 42.6 Å². The number of aromatic nitrogens is 2. The predicted molar refractivity (Wildman–Crippen MR) is 90.5 cm³/mol. The number of benzene rings is 1. The van der Waals surface area contributed by atoms with Gasteiger partial charge in [-0.2, -0.15) is 5.10 Å². The Labute approximate surface area is 140 Å². The van der Waals surface area contributed by atoms with Crippen molar-refractivity contribution < 1.29 is 9.59 Å². The van der Waals surface area contributed by atoms with Gasteiger partial charge in [-0.3, -0.25) is 14.7 Å². The Morgan fingerprint density at radius 3 is 2.92 bits per heavy atom. The van der Waals surface area contributed by atoms with Crippen molar-refractivity contribution in [3.8, 4) is 0 Å². The van der Waals surface area contributed by atoms with E-state index < -0.39 is 0 Å². The highest BCUT2D eigenvalue weighted by Gasteiger charge is 2.35. The predicted octanol–water partition coefficient (Wildman–Crippen LogP) is 2.08. The van der Waals surface area contributed by atoms with Crippen LogP contribution in [0.5, 0.6) is 0 Å². The van der Waals surface area contributed by atoms with E-state index in [1.54, 1.807) is 0 Å². The fourth-order valence-corrected chi connectivity index (χ4v) is 3.97. The third kappa shape index (κ3) is 2.77. The Kier molecular flexibility index (Phi) is 3.96. The average Bonchev–Trinajstić information content (AvgIpc) is 3.31. The van der Waals surface area contributed by atoms with Gasteiger partial charge in [-0.1, -0.05) is 31.0 Å². The molecule has 1 saturated heterocycles. The minimum Gasteiger partial charge on any atom is -0.350 e. The third-order valence-corrected chi connectivity index (χ3v) is 5.24. The number of nitrogens with one attached hydrogen (secondary N) is 2. The van der Waals surface area contributed by atoms with Gasteiger partial charge in [0.05, 0.1) is 5.52 Å². The molecule has 1 atom stereocenters. The van der Waals surface area contributed by atoms with Crippen LogP contribution in [0, 0.1) is 5.92 Å². The number of hydrogen-bond donors (Lipinski definition) is 2. The summed E-state index contributed by atoms with van der Waals surface area (Å²) >= 11 is 0. The van der Waals surface area contributed by atoms with Crippen LogP contribution in [-0.2, 0) is 4.79 Å². The molecule has 0 radical (unpaired) electrons. The first-order chi connectivity index (χ1) is 11.7. The number of hydrogen-bond acceptors (Lipinski definition) is 3. The van der Waals surface area contributed by atoms with Crippen LogP contribution in [0.2, 0.25) is 0 Å². The number of aromatic amines is 1. The molecule has 2 N–H and O–H groups in total. The van der Waals surface area contributed by atoms with Crippen LogP contribution in [0.4, 0.5) is 0 Å². The van der Waals surface area contributed by atoms with Crippen molar-refractivity contribution in [1.82, 2.24) is 20.4 Å². The summed E-state index contributed by atoms with van der Waals surface area (Å²) in [6.45, 7) is 1.29. The zero-order valence-corrected chi connectivity index (χ0v) is 13.6. The number of amides is 2. The largest absolute Gasteiger partial charge is 0.350 e. The topological polar surface area (TPSA) is 78.1 Å².